The Kier molecular flexibility index (Phi) is 6.62. The number of hydrogen-bond acceptors (Lipinski definition) is 5. The number of benzene rings is 1. The van der Waals surface area contributed by atoms with Gasteiger partial charge in [0.15, 0.2) is 5.82 Å². The fourth-order valence-corrected chi connectivity index (χ4v) is 2.74. The third kappa shape index (κ3) is 4.34. The molecule has 3 N–H and O–H groups in total. The second-order valence-electron chi connectivity index (χ2n) is 6.15. The van der Waals surface area contributed by atoms with Crippen LogP contribution < -0.4 is 10.6 Å². The van der Waals surface area contributed by atoms with E-state index in [1.807, 2.05) is 30.6 Å². The monoisotopic (exact) mass is 357 g/mol. The van der Waals surface area contributed by atoms with Crippen LogP contribution in [0.5, 0.6) is 0 Å². The van der Waals surface area contributed by atoms with Gasteiger partial charge >= 0.3 is 0 Å². The van der Waals surface area contributed by atoms with Crippen LogP contribution >= 0.6 is 0 Å². The first-order chi connectivity index (χ1) is 12.5. The molecule has 0 atom stereocenters. The molecule has 0 spiro atoms. The maximum absolute atomic E-state index is 11.9. The van der Waals surface area contributed by atoms with E-state index < -0.39 is 0 Å². The van der Waals surface area contributed by atoms with Crippen LogP contribution in [0.1, 0.15) is 13.8 Å². The van der Waals surface area contributed by atoms with Gasteiger partial charge in [0.1, 0.15) is 5.52 Å². The zero-order valence-corrected chi connectivity index (χ0v) is 15.1. The van der Waals surface area contributed by atoms with Crippen molar-refractivity contribution in [2.24, 2.45) is 5.92 Å². The van der Waals surface area contributed by atoms with Gasteiger partial charge in [-0.15, -0.1) is 0 Å². The van der Waals surface area contributed by atoms with Crippen molar-refractivity contribution < 1.29 is 14.7 Å². The molecule has 3 aromatic rings. The Morgan fingerprint density at radius 2 is 2.04 bits per heavy atom. The summed E-state index contributed by atoms with van der Waals surface area (Å²) in [5, 5.41) is 13.6. The molecule has 138 valence electrons. The van der Waals surface area contributed by atoms with Gasteiger partial charge in [-0.05, 0) is 19.0 Å². The third-order valence-corrected chi connectivity index (χ3v) is 3.61. The van der Waals surface area contributed by atoms with E-state index in [0.717, 1.165) is 28.5 Å². The summed E-state index contributed by atoms with van der Waals surface area (Å²) in [6, 6.07) is 7.94. The fraction of sp³-hybridized carbons (Fsp3) is 0.333. The summed E-state index contributed by atoms with van der Waals surface area (Å²) in [6.07, 6.45) is 1.83. The number of likely N-dealkylation sites (N-methyl/N-ethyl adjacent to an activating group) is 1. The van der Waals surface area contributed by atoms with Gasteiger partial charge in [-0.25, -0.2) is 9.97 Å². The predicted octanol–water partition coefficient (Wildman–Crippen LogP) is 2.10. The molecule has 0 bridgehead atoms. The number of rotatable bonds is 5. The van der Waals surface area contributed by atoms with Crippen molar-refractivity contribution in [3.05, 3.63) is 30.6 Å². The maximum atomic E-state index is 11.9. The average molecular weight is 357 g/mol. The highest BCUT2D eigenvalue weighted by molar-refractivity contribution is 6.09. The molecule has 0 aliphatic heterocycles. The molecule has 0 aliphatic carbocycles. The second-order valence-corrected chi connectivity index (χ2v) is 6.15. The summed E-state index contributed by atoms with van der Waals surface area (Å²) >= 11 is 0. The molecule has 1 aromatic carbocycles. The van der Waals surface area contributed by atoms with E-state index in [4.69, 9.17) is 9.90 Å². The summed E-state index contributed by atoms with van der Waals surface area (Å²) in [5.41, 5.74) is 2.60. The van der Waals surface area contributed by atoms with Gasteiger partial charge in [-0.2, -0.15) is 0 Å². The standard InChI is InChI=1S/C17H21N5O.CH2O2/c1-11(2)9-22-10-19-15-16(22)12-6-4-5-7-13(12)20-17(15)21-14(23)8-18-3;2-1-3/h4-7,10-11,18H,8-9H2,1-3H3,(H,20,21,23);1H,(H,2,3). The molecule has 26 heavy (non-hydrogen) atoms. The number of nitrogens with zero attached hydrogens (tertiary/aromatic N) is 3. The Labute approximate surface area is 151 Å². The van der Waals surface area contributed by atoms with Crippen molar-refractivity contribution in [3.8, 4) is 0 Å². The van der Waals surface area contributed by atoms with E-state index >= 15 is 0 Å². The van der Waals surface area contributed by atoms with Crippen molar-refractivity contribution >= 4 is 40.1 Å². The van der Waals surface area contributed by atoms with E-state index in [9.17, 15) is 4.79 Å². The van der Waals surface area contributed by atoms with Crippen LogP contribution in [0.15, 0.2) is 30.6 Å². The van der Waals surface area contributed by atoms with Crippen molar-refractivity contribution in [2.75, 3.05) is 18.9 Å². The molecule has 2 heterocycles. The van der Waals surface area contributed by atoms with Gasteiger partial charge in [0.05, 0.1) is 23.9 Å². The largest absolute Gasteiger partial charge is 0.483 e. The minimum Gasteiger partial charge on any atom is -0.483 e. The van der Waals surface area contributed by atoms with E-state index in [1.165, 1.54) is 0 Å². The lowest BCUT2D eigenvalue weighted by atomic mass is 10.1. The van der Waals surface area contributed by atoms with Crippen molar-refractivity contribution in [1.29, 1.82) is 0 Å². The van der Waals surface area contributed by atoms with Crippen LogP contribution in [0.25, 0.3) is 21.9 Å². The second kappa shape index (κ2) is 8.91. The number of carboxylic acid groups (broad SMARTS) is 1. The topological polar surface area (TPSA) is 109 Å². The third-order valence-electron chi connectivity index (χ3n) is 3.61. The molecule has 3 rings (SSSR count). The van der Waals surface area contributed by atoms with Crippen LogP contribution in [0.4, 0.5) is 5.82 Å². The number of carbonyl (C=O) groups excluding carboxylic acids is 1. The Hall–Kier alpha value is -3.00. The number of imidazole rings is 1. The molecule has 0 aliphatic rings. The molecular formula is C18H23N5O3. The first-order valence-electron chi connectivity index (χ1n) is 8.27. The lowest BCUT2D eigenvalue weighted by Gasteiger charge is -2.11. The maximum Gasteiger partial charge on any atom is 0.290 e. The minimum atomic E-state index is -0.250. The molecule has 0 radical (unpaired) electrons. The van der Waals surface area contributed by atoms with Crippen LogP contribution in [0.2, 0.25) is 0 Å². The zero-order chi connectivity index (χ0) is 19.1. The quantitative estimate of drug-likeness (QED) is 0.603. The zero-order valence-electron chi connectivity index (χ0n) is 15.1. The normalized spacial score (nSPS) is 10.6. The number of aromatic nitrogens is 3. The summed E-state index contributed by atoms with van der Waals surface area (Å²) in [5.74, 6) is 0.887. The van der Waals surface area contributed by atoms with Gasteiger partial charge in [0, 0.05) is 11.9 Å². The van der Waals surface area contributed by atoms with Crippen molar-refractivity contribution in [3.63, 3.8) is 0 Å². The molecule has 8 heteroatoms. The minimum absolute atomic E-state index is 0.130. The molecule has 0 saturated carbocycles. The number of pyridine rings is 1. The molecule has 2 aromatic heterocycles. The molecule has 1 amide bonds. The van der Waals surface area contributed by atoms with Gasteiger partial charge in [0.25, 0.3) is 6.47 Å². The molecule has 0 fully saturated rings. The number of anilines is 1. The highest BCUT2D eigenvalue weighted by Crippen LogP contribution is 2.29. The first-order valence-corrected chi connectivity index (χ1v) is 8.27. The summed E-state index contributed by atoms with van der Waals surface area (Å²) in [4.78, 5) is 29.4. The van der Waals surface area contributed by atoms with Gasteiger partial charge in [-0.3, -0.25) is 9.59 Å². The lowest BCUT2D eigenvalue weighted by Crippen LogP contribution is -2.25. The van der Waals surface area contributed by atoms with Crippen LogP contribution in [0, 0.1) is 5.92 Å². The molecule has 0 saturated heterocycles. The Balaban J connectivity index is 0.000000758. The fourth-order valence-electron chi connectivity index (χ4n) is 2.74. The number of carbonyl (C=O) groups is 2. The molecular weight excluding hydrogens is 334 g/mol. The van der Waals surface area contributed by atoms with Gasteiger partial charge < -0.3 is 20.3 Å². The van der Waals surface area contributed by atoms with Gasteiger partial charge in [0.2, 0.25) is 5.91 Å². The van der Waals surface area contributed by atoms with Crippen LogP contribution in [-0.4, -0.2) is 45.6 Å². The molecule has 0 unspecified atom stereocenters. The Morgan fingerprint density at radius 1 is 1.35 bits per heavy atom. The number of fused-ring (bicyclic) bond motifs is 3. The smallest absolute Gasteiger partial charge is 0.290 e. The van der Waals surface area contributed by atoms with Crippen molar-refractivity contribution in [1.82, 2.24) is 19.9 Å². The number of hydrogen-bond donors (Lipinski definition) is 3. The predicted molar refractivity (Wildman–Crippen MR) is 101 cm³/mol. The highest BCUT2D eigenvalue weighted by atomic mass is 16.3. The summed E-state index contributed by atoms with van der Waals surface area (Å²) in [7, 11) is 1.74. The summed E-state index contributed by atoms with van der Waals surface area (Å²) < 4.78 is 2.14. The van der Waals surface area contributed by atoms with Gasteiger partial charge in [-0.1, -0.05) is 32.0 Å². The average Bonchev–Trinajstić information content (AvgIpc) is 2.99. The van der Waals surface area contributed by atoms with E-state index in [-0.39, 0.29) is 18.9 Å². The van der Waals surface area contributed by atoms with Crippen molar-refractivity contribution in [2.45, 2.75) is 20.4 Å². The SMILES string of the molecule is CNCC(=O)Nc1nc2ccccc2c2c1ncn2CC(C)C.O=CO. The highest BCUT2D eigenvalue weighted by Gasteiger charge is 2.15. The number of nitrogens with one attached hydrogen (secondary N) is 2. The Morgan fingerprint density at radius 3 is 2.69 bits per heavy atom. The van der Waals surface area contributed by atoms with E-state index in [1.54, 1.807) is 7.05 Å². The molecule has 8 nitrogen and oxygen atoms in total. The Bertz CT molecular complexity index is 904. The van der Waals surface area contributed by atoms with Crippen LogP contribution in [0.3, 0.4) is 0 Å². The van der Waals surface area contributed by atoms with E-state index in [2.05, 4.69) is 39.0 Å². The van der Waals surface area contributed by atoms with E-state index in [0.29, 0.717) is 11.7 Å². The number of amides is 1. The van der Waals surface area contributed by atoms with Crippen LogP contribution in [-0.2, 0) is 16.1 Å². The number of para-hydroxylation sites is 1. The lowest BCUT2D eigenvalue weighted by molar-refractivity contribution is -0.123. The summed E-state index contributed by atoms with van der Waals surface area (Å²) in [6.45, 7) is 5.20. The first kappa shape index (κ1) is 19.3.